The number of benzene rings is 1. The number of halogens is 1. The fourth-order valence-corrected chi connectivity index (χ4v) is 1.08. The zero-order valence-electron chi connectivity index (χ0n) is 6.47. The van der Waals surface area contributed by atoms with E-state index in [1.54, 1.807) is 0 Å². The van der Waals surface area contributed by atoms with E-state index in [0.717, 1.165) is 4.43 Å². The monoisotopic (exact) mass is 242 g/mol. The second kappa shape index (κ2) is 5.71. The van der Waals surface area contributed by atoms with E-state index in [4.69, 9.17) is 0 Å². The molecule has 0 bridgehead atoms. The molecule has 0 saturated carbocycles. The van der Waals surface area contributed by atoms with E-state index in [-0.39, 0.29) is 31.0 Å². The predicted octanol–water partition coefficient (Wildman–Crippen LogP) is -0.262. The summed E-state index contributed by atoms with van der Waals surface area (Å²) in [4.78, 5) is 0. The molecule has 1 aromatic carbocycles. The normalized spacial score (nSPS) is 8.11. The summed E-state index contributed by atoms with van der Waals surface area (Å²) in [5, 5.41) is 0. The van der Waals surface area contributed by atoms with Crippen molar-refractivity contribution in [3.8, 4) is 0 Å². The van der Waals surface area contributed by atoms with Gasteiger partial charge in [0.2, 0.25) is 0 Å². The topological polar surface area (TPSA) is 0 Å². The summed E-state index contributed by atoms with van der Waals surface area (Å²) in [5.74, 6) is 0. The molecule has 2 heteroatoms. The number of hydrogen-bond acceptors (Lipinski definition) is 0. The van der Waals surface area contributed by atoms with Crippen LogP contribution in [0.5, 0.6) is 0 Å². The van der Waals surface area contributed by atoms with Crippen LogP contribution in [0.4, 0.5) is 0 Å². The third-order valence-corrected chi connectivity index (χ3v) is 1.88. The first kappa shape index (κ1) is 9.95. The van der Waals surface area contributed by atoms with Crippen molar-refractivity contribution in [1.82, 2.24) is 0 Å². The molecule has 0 atom stereocenters. The molecule has 0 aliphatic heterocycles. The third-order valence-electron chi connectivity index (χ3n) is 0.997. The van der Waals surface area contributed by atoms with Crippen molar-refractivity contribution in [1.29, 1.82) is 0 Å². The average molecular weight is 242 g/mol. The van der Waals surface area contributed by atoms with Gasteiger partial charge in [-0.1, -0.05) is 52.9 Å². The van der Waals surface area contributed by atoms with Gasteiger partial charge in [-0.05, 0) is 5.56 Å². The van der Waals surface area contributed by atoms with Gasteiger partial charge < -0.3 is 1.43 Å². The van der Waals surface area contributed by atoms with Gasteiger partial charge in [-0.2, -0.15) is 0 Å². The Labute approximate surface area is 93.0 Å². The molecule has 0 unspecified atom stereocenters. The first-order chi connectivity index (χ1) is 3.93. The van der Waals surface area contributed by atoms with E-state index >= 15 is 0 Å². The maximum Gasteiger partial charge on any atom is 1.00 e. The van der Waals surface area contributed by atoms with Crippen LogP contribution in [0.15, 0.2) is 30.3 Å². The van der Waals surface area contributed by atoms with Crippen LogP contribution in [0.3, 0.4) is 0 Å². The van der Waals surface area contributed by atoms with Crippen molar-refractivity contribution in [2.24, 2.45) is 0 Å². The molecule has 0 spiro atoms. The van der Waals surface area contributed by atoms with E-state index in [1.165, 1.54) is 5.56 Å². The van der Waals surface area contributed by atoms with Crippen LogP contribution < -0.4 is 29.6 Å². The molecule has 1 aromatic rings. The Morgan fingerprint density at radius 2 is 1.78 bits per heavy atom. The molecule has 0 radical (unpaired) electrons. The summed E-state index contributed by atoms with van der Waals surface area (Å²) in [6, 6.07) is 10.4. The Balaban J connectivity index is 0. The quantitative estimate of drug-likeness (QED) is 0.361. The van der Waals surface area contributed by atoms with Gasteiger partial charge in [-0.15, -0.1) is 0 Å². The molecule has 9 heavy (non-hydrogen) atoms. The first-order valence-electron chi connectivity index (χ1n) is 2.53. The number of rotatable bonds is 1. The molecule has 0 aromatic heterocycles. The van der Waals surface area contributed by atoms with Gasteiger partial charge in [0.15, 0.2) is 0 Å². The van der Waals surface area contributed by atoms with Crippen molar-refractivity contribution in [3.05, 3.63) is 35.9 Å². The maximum atomic E-state index is 2.35. The standard InChI is InChI=1S/C7H7I.Na.H/c8-6-7-4-2-1-3-5-7;;/h1-5H,6H2;;/q;+1;-1. The van der Waals surface area contributed by atoms with Crippen LogP contribution in [0.25, 0.3) is 0 Å². The van der Waals surface area contributed by atoms with Gasteiger partial charge in [-0.25, -0.2) is 0 Å². The van der Waals surface area contributed by atoms with Crippen LogP contribution in [-0.2, 0) is 4.43 Å². The molecule has 0 fully saturated rings. The number of alkyl halides is 1. The first-order valence-corrected chi connectivity index (χ1v) is 4.06. The van der Waals surface area contributed by atoms with Gasteiger partial charge in [0.25, 0.3) is 0 Å². The Hall–Kier alpha value is 0.950. The van der Waals surface area contributed by atoms with Crippen molar-refractivity contribution in [2.45, 2.75) is 4.43 Å². The van der Waals surface area contributed by atoms with Crippen LogP contribution in [0.2, 0.25) is 0 Å². The van der Waals surface area contributed by atoms with Crippen LogP contribution in [-0.4, -0.2) is 0 Å². The molecular formula is C7H8INa. The second-order valence-corrected chi connectivity index (χ2v) is 2.38. The Morgan fingerprint density at radius 3 is 2.11 bits per heavy atom. The maximum absolute atomic E-state index is 2.35. The largest absolute Gasteiger partial charge is 1.00 e. The van der Waals surface area contributed by atoms with Crippen molar-refractivity contribution in [3.63, 3.8) is 0 Å². The van der Waals surface area contributed by atoms with E-state index in [9.17, 15) is 0 Å². The molecule has 0 aliphatic rings. The summed E-state index contributed by atoms with van der Waals surface area (Å²) < 4.78 is 1.11. The fourth-order valence-electron chi connectivity index (χ4n) is 0.567. The van der Waals surface area contributed by atoms with Gasteiger partial charge in [0, 0.05) is 4.43 Å². The van der Waals surface area contributed by atoms with E-state index in [2.05, 4.69) is 46.9 Å². The minimum Gasteiger partial charge on any atom is -1.00 e. The molecule has 0 N–H and O–H groups in total. The zero-order chi connectivity index (χ0) is 5.82. The second-order valence-electron chi connectivity index (χ2n) is 1.62. The van der Waals surface area contributed by atoms with Crippen LogP contribution in [0.1, 0.15) is 6.99 Å². The Morgan fingerprint density at radius 1 is 1.22 bits per heavy atom. The zero-order valence-corrected chi connectivity index (χ0v) is 9.63. The SMILES string of the molecule is ICc1ccccc1.[H-].[Na+]. The smallest absolute Gasteiger partial charge is 1.00 e. The van der Waals surface area contributed by atoms with Gasteiger partial charge in [0.1, 0.15) is 0 Å². The van der Waals surface area contributed by atoms with Gasteiger partial charge in [-0.3, -0.25) is 0 Å². The minimum atomic E-state index is 0. The Bertz CT molecular complexity index is 155. The molecular weight excluding hydrogens is 234 g/mol. The number of hydrogen-bond donors (Lipinski definition) is 0. The summed E-state index contributed by atoms with van der Waals surface area (Å²) in [5.41, 5.74) is 1.40. The summed E-state index contributed by atoms with van der Waals surface area (Å²) in [7, 11) is 0. The molecule has 1 rings (SSSR count). The molecule has 44 valence electrons. The molecule has 0 nitrogen and oxygen atoms in total. The van der Waals surface area contributed by atoms with Crippen molar-refractivity contribution < 1.29 is 31.0 Å². The molecule has 0 amide bonds. The minimum absolute atomic E-state index is 0. The average Bonchev–Trinajstić information content (AvgIpc) is 1.90. The third kappa shape index (κ3) is 3.61. The van der Waals surface area contributed by atoms with Crippen molar-refractivity contribution in [2.75, 3.05) is 0 Å². The van der Waals surface area contributed by atoms with Crippen LogP contribution in [0, 0.1) is 0 Å². The Kier molecular flexibility index (Phi) is 6.32. The molecule has 0 heterocycles. The van der Waals surface area contributed by atoms with E-state index in [1.807, 2.05) is 6.07 Å². The molecule has 0 aliphatic carbocycles. The summed E-state index contributed by atoms with van der Waals surface area (Å²) in [6.07, 6.45) is 0. The van der Waals surface area contributed by atoms with E-state index in [0.29, 0.717) is 0 Å². The molecule has 0 saturated heterocycles. The summed E-state index contributed by atoms with van der Waals surface area (Å²) >= 11 is 2.35. The van der Waals surface area contributed by atoms with Crippen molar-refractivity contribution >= 4 is 22.6 Å². The van der Waals surface area contributed by atoms with Gasteiger partial charge in [0.05, 0.1) is 0 Å². The van der Waals surface area contributed by atoms with E-state index < -0.39 is 0 Å². The fraction of sp³-hybridized carbons (Fsp3) is 0.143. The van der Waals surface area contributed by atoms with Crippen LogP contribution >= 0.6 is 22.6 Å². The van der Waals surface area contributed by atoms with Gasteiger partial charge >= 0.3 is 29.6 Å². The summed E-state index contributed by atoms with van der Waals surface area (Å²) in [6.45, 7) is 0. The predicted molar refractivity (Wildman–Crippen MR) is 45.3 cm³/mol.